The number of nitrogens with one attached hydrogen (secondary N) is 2. The third-order valence-corrected chi connectivity index (χ3v) is 14.8. The molecule has 0 radical (unpaired) electrons. The molecule has 2 N–H and O–H groups in total. The number of likely N-dealkylation sites (tertiary alicyclic amines) is 1. The van der Waals surface area contributed by atoms with Crippen LogP contribution in [0.5, 0.6) is 0 Å². The van der Waals surface area contributed by atoms with Crippen molar-refractivity contribution in [2.24, 2.45) is 23.2 Å². The standard InChI is InChI=1S/C48H62FN7O6S/c1-26-27(2)38(26)43(57)52-40-42(61-25-48(6,7)49)44-51-36(23-63-44)29-13-16-37-33(19-29)34(20-47(4,5)24-62-46(59)35-12-10-18-55(53-35)45(40)58)41(32-11-9-17-50-39(32)28(3)60-8)56(37)31-21-54(22-31)30-14-15-30/h9,11,13,16-17,19,23,26-28,30-31,35,38,40,42,53H,10,12,14-15,18,20-22,24-25H2,1-8H3,(H,52,57)/t26-,27+,28-,35-,38?,40-,42-/m0/s1. The summed E-state index contributed by atoms with van der Waals surface area (Å²) in [4.78, 5) is 55.3. The SMILES string of the molecule is CO[C@@H](C)c1ncccc1-c1c2c3cc(ccc3n1C1CN(C3CC3)C1)-c1csc(n1)[C@@H](OCC(C)(C)F)[C@H](NC(=O)C1[C@@H](C)[C@H]1C)C(=O)N1CCC[C@H](N1)C(=O)OCC(C)(C)C2. The Morgan fingerprint density at radius 3 is 2.59 bits per heavy atom. The molecular formula is C48H62FN7O6S. The molecule has 4 fully saturated rings. The highest BCUT2D eigenvalue weighted by atomic mass is 32.1. The van der Waals surface area contributed by atoms with Gasteiger partial charge in [-0.3, -0.25) is 29.3 Å². The number of carbonyl (C=O) groups is 3. The van der Waals surface area contributed by atoms with Crippen LogP contribution in [0.25, 0.3) is 33.4 Å². The number of benzene rings is 1. The number of carbonyl (C=O) groups excluding carboxylic acids is 3. The third-order valence-electron chi connectivity index (χ3n) is 13.9. The number of fused-ring (bicyclic) bond motifs is 6. The van der Waals surface area contributed by atoms with Gasteiger partial charge in [0.1, 0.15) is 28.9 Å². The topological polar surface area (TPSA) is 140 Å². The Bertz CT molecular complexity index is 2370. The van der Waals surface area contributed by atoms with Gasteiger partial charge in [-0.2, -0.15) is 0 Å². The molecule has 2 aliphatic carbocycles. The first kappa shape index (κ1) is 43.9. The number of hydrogen-bond acceptors (Lipinski definition) is 11. The quantitative estimate of drug-likeness (QED) is 0.155. The summed E-state index contributed by atoms with van der Waals surface area (Å²) in [5.41, 5.74) is 7.59. The van der Waals surface area contributed by atoms with Gasteiger partial charge in [0.25, 0.3) is 5.91 Å². The van der Waals surface area contributed by atoms with E-state index in [1.807, 2.05) is 38.4 Å². The number of methoxy groups -OCH3 is 1. The van der Waals surface area contributed by atoms with Crippen molar-refractivity contribution in [3.8, 4) is 22.5 Å². The van der Waals surface area contributed by atoms with Crippen LogP contribution in [-0.4, -0.2) is 106 Å². The largest absolute Gasteiger partial charge is 0.464 e. The molecule has 1 aromatic carbocycles. The Hall–Kier alpha value is -4.28. The fourth-order valence-electron chi connectivity index (χ4n) is 9.82. The Morgan fingerprint density at radius 2 is 1.89 bits per heavy atom. The molecular weight excluding hydrogens is 822 g/mol. The Morgan fingerprint density at radius 1 is 1.13 bits per heavy atom. The van der Waals surface area contributed by atoms with Gasteiger partial charge in [-0.1, -0.05) is 33.8 Å². The molecule has 338 valence electrons. The van der Waals surface area contributed by atoms with E-state index in [-0.39, 0.29) is 49.0 Å². The zero-order valence-corrected chi connectivity index (χ0v) is 38.6. The number of ether oxygens (including phenoxy) is 3. The summed E-state index contributed by atoms with van der Waals surface area (Å²) >= 11 is 1.31. The Balaban J connectivity index is 1.21. The lowest BCUT2D eigenvalue weighted by Crippen LogP contribution is -2.61. The third kappa shape index (κ3) is 8.80. The summed E-state index contributed by atoms with van der Waals surface area (Å²) in [6.45, 7) is 15.1. The number of cyclic esters (lactones) is 1. The zero-order chi connectivity index (χ0) is 44.5. The predicted molar refractivity (Wildman–Crippen MR) is 239 cm³/mol. The van der Waals surface area contributed by atoms with Crippen LogP contribution in [0, 0.1) is 23.2 Å². The number of alkyl halides is 1. The van der Waals surface area contributed by atoms with Gasteiger partial charge in [-0.05, 0) is 94.5 Å². The second-order valence-electron chi connectivity index (χ2n) is 20.1. The van der Waals surface area contributed by atoms with Crippen molar-refractivity contribution >= 4 is 40.0 Å². The molecule has 3 aromatic heterocycles. The van der Waals surface area contributed by atoms with Crippen LogP contribution in [0.3, 0.4) is 0 Å². The number of nitrogens with zero attached hydrogens (tertiary/aromatic N) is 5. The molecule has 6 heterocycles. The first-order chi connectivity index (χ1) is 30.0. The number of pyridine rings is 1. The molecule has 3 aliphatic heterocycles. The highest BCUT2D eigenvalue weighted by Gasteiger charge is 2.50. The van der Waals surface area contributed by atoms with E-state index >= 15 is 4.39 Å². The summed E-state index contributed by atoms with van der Waals surface area (Å²) in [5.74, 6) is -1.19. The van der Waals surface area contributed by atoms with Gasteiger partial charge in [0.05, 0.1) is 42.4 Å². The van der Waals surface area contributed by atoms with Crippen molar-refractivity contribution in [3.63, 3.8) is 0 Å². The molecule has 7 atom stereocenters. The first-order valence-corrected chi connectivity index (χ1v) is 23.6. The van der Waals surface area contributed by atoms with Gasteiger partial charge >= 0.3 is 5.97 Å². The molecule has 2 amide bonds. The molecule has 15 heteroatoms. The average Bonchev–Trinajstić information content (AvgIpc) is 4.09. The highest BCUT2D eigenvalue weighted by Crippen LogP contribution is 2.47. The van der Waals surface area contributed by atoms with Gasteiger partial charge in [0.2, 0.25) is 5.91 Å². The van der Waals surface area contributed by atoms with E-state index in [9.17, 15) is 14.4 Å². The van der Waals surface area contributed by atoms with Crippen molar-refractivity contribution in [1.82, 2.24) is 35.2 Å². The summed E-state index contributed by atoms with van der Waals surface area (Å²) in [6, 6.07) is 9.42. The van der Waals surface area contributed by atoms with E-state index in [1.165, 1.54) is 43.0 Å². The minimum absolute atomic E-state index is 0.137. The van der Waals surface area contributed by atoms with E-state index in [2.05, 4.69) is 58.3 Å². The number of amides is 2. The monoisotopic (exact) mass is 883 g/mol. The number of hydrogen-bond donors (Lipinski definition) is 2. The number of aromatic nitrogens is 3. The maximum atomic E-state index is 15.3. The fourth-order valence-corrected chi connectivity index (χ4v) is 10.7. The second-order valence-corrected chi connectivity index (χ2v) is 21.0. The van der Waals surface area contributed by atoms with Crippen LogP contribution in [0.4, 0.5) is 4.39 Å². The van der Waals surface area contributed by atoms with Gasteiger partial charge in [-0.25, -0.2) is 14.8 Å². The summed E-state index contributed by atoms with van der Waals surface area (Å²) in [6.07, 6.45) is 4.48. The van der Waals surface area contributed by atoms with Crippen molar-refractivity contribution < 1.29 is 33.0 Å². The molecule has 13 nitrogen and oxygen atoms in total. The lowest BCUT2D eigenvalue weighted by Gasteiger charge is -2.42. The minimum Gasteiger partial charge on any atom is -0.464 e. The number of rotatable bonds is 10. The first-order valence-electron chi connectivity index (χ1n) is 22.7. The fraction of sp³-hybridized carbons (Fsp3) is 0.604. The van der Waals surface area contributed by atoms with Crippen LogP contribution in [0.15, 0.2) is 41.9 Å². The lowest BCUT2D eigenvalue weighted by molar-refractivity contribution is -0.157. The molecule has 2 saturated carbocycles. The van der Waals surface area contributed by atoms with E-state index in [0.29, 0.717) is 42.6 Å². The highest BCUT2D eigenvalue weighted by molar-refractivity contribution is 7.10. The number of thiazole rings is 1. The van der Waals surface area contributed by atoms with Gasteiger partial charge in [0, 0.05) is 77.7 Å². The Labute approximate surface area is 373 Å². The predicted octanol–water partition coefficient (Wildman–Crippen LogP) is 7.37. The second kappa shape index (κ2) is 16.9. The lowest BCUT2D eigenvalue weighted by atomic mass is 9.84. The molecule has 2 saturated heterocycles. The van der Waals surface area contributed by atoms with E-state index in [0.717, 1.165) is 52.1 Å². The minimum atomic E-state index is -1.74. The summed E-state index contributed by atoms with van der Waals surface area (Å²) < 4.78 is 36.3. The number of esters is 1. The van der Waals surface area contributed by atoms with E-state index < -0.39 is 41.1 Å². The molecule has 1 unspecified atom stereocenters. The molecule has 9 rings (SSSR count). The van der Waals surface area contributed by atoms with Crippen molar-refractivity contribution in [2.75, 3.05) is 40.0 Å². The van der Waals surface area contributed by atoms with E-state index in [1.54, 1.807) is 7.11 Å². The average molecular weight is 884 g/mol. The number of hydrazine groups is 1. The van der Waals surface area contributed by atoms with Crippen LogP contribution in [0.1, 0.15) is 109 Å². The molecule has 4 aromatic rings. The van der Waals surface area contributed by atoms with Crippen LogP contribution in [-0.2, 0) is 35.0 Å². The molecule has 63 heavy (non-hydrogen) atoms. The van der Waals surface area contributed by atoms with E-state index in [4.69, 9.17) is 24.2 Å². The number of halogens is 1. The summed E-state index contributed by atoms with van der Waals surface area (Å²) in [7, 11) is 1.71. The molecule has 6 bridgehead atoms. The zero-order valence-electron chi connectivity index (χ0n) is 37.8. The van der Waals surface area contributed by atoms with Crippen LogP contribution >= 0.6 is 11.3 Å². The maximum Gasteiger partial charge on any atom is 0.324 e. The van der Waals surface area contributed by atoms with Gasteiger partial charge < -0.3 is 24.1 Å². The smallest absolute Gasteiger partial charge is 0.324 e. The van der Waals surface area contributed by atoms with Crippen molar-refractivity contribution in [3.05, 3.63) is 58.2 Å². The normalized spacial score (nSPS) is 27.4. The van der Waals surface area contributed by atoms with Gasteiger partial charge in [0.15, 0.2) is 0 Å². The Kier molecular flexibility index (Phi) is 11.8. The molecule has 5 aliphatic rings. The van der Waals surface area contributed by atoms with Crippen LogP contribution < -0.4 is 10.7 Å². The molecule has 0 spiro atoms. The maximum absolute atomic E-state index is 15.3. The summed E-state index contributed by atoms with van der Waals surface area (Å²) in [5, 5.41) is 7.86. The van der Waals surface area contributed by atoms with Crippen molar-refractivity contribution in [2.45, 2.75) is 123 Å². The van der Waals surface area contributed by atoms with Crippen molar-refractivity contribution in [1.29, 1.82) is 0 Å². The van der Waals surface area contributed by atoms with Gasteiger partial charge in [-0.15, -0.1) is 11.3 Å². The van der Waals surface area contributed by atoms with Crippen LogP contribution in [0.2, 0.25) is 0 Å².